The second-order valence-corrected chi connectivity index (χ2v) is 6.17. The third kappa shape index (κ3) is 2.14. The molecule has 2 heterocycles. The van der Waals surface area contributed by atoms with Crippen molar-refractivity contribution in [3.63, 3.8) is 0 Å². The Kier molecular flexibility index (Phi) is 3.46. The monoisotopic (exact) mass is 323 g/mol. The van der Waals surface area contributed by atoms with E-state index < -0.39 is 0 Å². The van der Waals surface area contributed by atoms with E-state index in [0.717, 1.165) is 16.8 Å². The molecule has 1 aromatic carbocycles. The second-order valence-electron chi connectivity index (χ2n) is 5.36. The minimum absolute atomic E-state index is 0.0455. The fourth-order valence-electron chi connectivity index (χ4n) is 2.63. The van der Waals surface area contributed by atoms with E-state index in [9.17, 15) is 4.79 Å². The number of hydrogen-bond acceptors (Lipinski definition) is 2. The maximum Gasteiger partial charge on any atom is 0.263 e. The Hall–Kier alpha value is -1.52. The van der Waals surface area contributed by atoms with Crippen molar-refractivity contribution in [2.24, 2.45) is 0 Å². The van der Waals surface area contributed by atoms with Crippen LogP contribution in [-0.4, -0.2) is 14.4 Å². The summed E-state index contributed by atoms with van der Waals surface area (Å²) >= 11 is 12.1. The van der Waals surface area contributed by atoms with Gasteiger partial charge in [-0.25, -0.2) is 9.38 Å². The van der Waals surface area contributed by atoms with Crippen LogP contribution in [0.1, 0.15) is 37.9 Å². The fraction of sp³-hybridized carbons (Fsp3) is 0.333. The van der Waals surface area contributed by atoms with Gasteiger partial charge in [-0.15, -0.1) is 0 Å². The molecule has 3 rings (SSSR count). The number of hydrogen-bond donors (Lipinski definition) is 1. The smallest absolute Gasteiger partial charge is 0.263 e. The topological polar surface area (TPSA) is 50.2 Å². The minimum Gasteiger partial charge on any atom is -0.323 e. The van der Waals surface area contributed by atoms with E-state index in [-0.39, 0.29) is 11.5 Å². The first-order chi connectivity index (χ1) is 9.93. The molecule has 0 aliphatic rings. The molecule has 6 heteroatoms. The molecule has 3 aromatic rings. The zero-order valence-electron chi connectivity index (χ0n) is 12.0. The molecule has 0 saturated carbocycles. The molecule has 0 spiro atoms. The summed E-state index contributed by atoms with van der Waals surface area (Å²) in [5.74, 6) is 0.713. The van der Waals surface area contributed by atoms with Crippen molar-refractivity contribution in [1.29, 1.82) is 0 Å². The Morgan fingerprint density at radius 2 is 1.95 bits per heavy atom. The van der Waals surface area contributed by atoms with Crippen LogP contribution in [0, 0.1) is 0 Å². The molecule has 2 aromatic heterocycles. The van der Waals surface area contributed by atoms with Crippen LogP contribution in [0.5, 0.6) is 0 Å². The van der Waals surface area contributed by atoms with Crippen molar-refractivity contribution in [3.05, 3.63) is 43.8 Å². The first kappa shape index (κ1) is 14.4. The lowest BCUT2D eigenvalue weighted by molar-refractivity contribution is 0.783. The highest BCUT2D eigenvalue weighted by atomic mass is 35.5. The van der Waals surface area contributed by atoms with Crippen molar-refractivity contribution < 1.29 is 0 Å². The highest BCUT2D eigenvalue weighted by molar-refractivity contribution is 6.42. The number of fused-ring (bicyclic) bond motifs is 3. The lowest BCUT2D eigenvalue weighted by atomic mass is 10.0. The van der Waals surface area contributed by atoms with Gasteiger partial charge in [-0.2, -0.15) is 0 Å². The molecule has 0 atom stereocenters. The number of halogens is 2. The normalized spacial score (nSPS) is 11.9. The maximum absolute atomic E-state index is 12.8. The van der Waals surface area contributed by atoms with E-state index in [1.54, 1.807) is 16.5 Å². The SMILES string of the molecule is CCc1c(C(C)C)nc2[nH]c3cc(Cl)c(Cl)cc3n2c1=O. The van der Waals surface area contributed by atoms with Crippen LogP contribution < -0.4 is 5.56 Å². The van der Waals surface area contributed by atoms with E-state index >= 15 is 0 Å². The van der Waals surface area contributed by atoms with Gasteiger partial charge in [0.2, 0.25) is 5.78 Å². The summed E-state index contributed by atoms with van der Waals surface area (Å²) in [6.07, 6.45) is 0.649. The van der Waals surface area contributed by atoms with E-state index in [4.69, 9.17) is 23.2 Å². The van der Waals surface area contributed by atoms with Gasteiger partial charge >= 0.3 is 0 Å². The van der Waals surface area contributed by atoms with Crippen molar-refractivity contribution in [3.8, 4) is 0 Å². The Labute approximate surface area is 131 Å². The summed E-state index contributed by atoms with van der Waals surface area (Å²) in [7, 11) is 0. The molecule has 1 N–H and O–H groups in total. The van der Waals surface area contributed by atoms with Crippen molar-refractivity contribution in [1.82, 2.24) is 14.4 Å². The van der Waals surface area contributed by atoms with Crippen LogP contribution in [0.3, 0.4) is 0 Å². The zero-order valence-corrected chi connectivity index (χ0v) is 13.5. The number of benzene rings is 1. The molecule has 0 bridgehead atoms. The largest absolute Gasteiger partial charge is 0.323 e. The first-order valence-corrected chi connectivity index (χ1v) is 7.61. The lowest BCUT2D eigenvalue weighted by Crippen LogP contribution is -2.22. The molecule has 0 unspecified atom stereocenters. The Bertz CT molecular complexity index is 909. The number of H-pyrrole nitrogens is 1. The van der Waals surface area contributed by atoms with Crippen LogP contribution in [0.15, 0.2) is 16.9 Å². The van der Waals surface area contributed by atoms with Gasteiger partial charge in [0.15, 0.2) is 0 Å². The highest BCUT2D eigenvalue weighted by Crippen LogP contribution is 2.28. The van der Waals surface area contributed by atoms with Crippen molar-refractivity contribution >= 4 is 40.0 Å². The third-order valence-corrected chi connectivity index (χ3v) is 4.36. The van der Waals surface area contributed by atoms with Gasteiger partial charge in [-0.3, -0.25) is 4.79 Å². The summed E-state index contributed by atoms with van der Waals surface area (Å²) in [6, 6.07) is 3.41. The molecular formula is C15H15Cl2N3O. The van der Waals surface area contributed by atoms with E-state index in [1.165, 1.54) is 0 Å². The van der Waals surface area contributed by atoms with Gasteiger partial charge < -0.3 is 4.98 Å². The molecule has 0 amide bonds. The second kappa shape index (κ2) is 5.04. The number of nitrogens with zero attached hydrogens (tertiary/aromatic N) is 2. The fourth-order valence-corrected chi connectivity index (χ4v) is 2.95. The Morgan fingerprint density at radius 1 is 1.29 bits per heavy atom. The molecule has 0 saturated heterocycles. The van der Waals surface area contributed by atoms with Crippen LogP contribution in [0.4, 0.5) is 0 Å². The summed E-state index contributed by atoms with van der Waals surface area (Å²) in [6.45, 7) is 6.04. The maximum atomic E-state index is 12.8. The molecule has 0 radical (unpaired) electrons. The molecule has 110 valence electrons. The van der Waals surface area contributed by atoms with E-state index in [1.807, 2.05) is 20.8 Å². The number of aromatic amines is 1. The average Bonchev–Trinajstić information content (AvgIpc) is 2.76. The molecular weight excluding hydrogens is 309 g/mol. The molecule has 0 fully saturated rings. The molecule has 0 aliphatic carbocycles. The van der Waals surface area contributed by atoms with Crippen molar-refractivity contribution in [2.75, 3.05) is 0 Å². The minimum atomic E-state index is -0.0455. The summed E-state index contributed by atoms with van der Waals surface area (Å²) in [5, 5.41) is 0.867. The zero-order chi connectivity index (χ0) is 15.3. The van der Waals surface area contributed by atoms with Gasteiger partial charge in [0.05, 0.1) is 26.8 Å². The van der Waals surface area contributed by atoms with Gasteiger partial charge in [-0.05, 0) is 24.5 Å². The number of nitrogens with one attached hydrogen (secondary N) is 1. The summed E-state index contributed by atoms with van der Waals surface area (Å²) in [5.41, 5.74) is 2.98. The molecule has 0 aliphatic heterocycles. The van der Waals surface area contributed by atoms with Gasteiger partial charge in [-0.1, -0.05) is 44.0 Å². The standard InChI is InChI=1S/C15H15Cl2N3O/c1-4-8-13(7(2)3)19-15-18-11-5-9(16)10(17)6-12(11)20(15)14(8)21/h5-7H,4H2,1-3H3,(H,18,19). The Morgan fingerprint density at radius 3 is 2.57 bits per heavy atom. The molecule has 21 heavy (non-hydrogen) atoms. The van der Waals surface area contributed by atoms with Crippen LogP contribution in [0.25, 0.3) is 16.8 Å². The number of imidazole rings is 1. The first-order valence-electron chi connectivity index (χ1n) is 6.86. The lowest BCUT2D eigenvalue weighted by Gasteiger charge is -2.10. The summed E-state index contributed by atoms with van der Waals surface area (Å²) in [4.78, 5) is 20.5. The Balaban J connectivity index is 2.52. The summed E-state index contributed by atoms with van der Waals surface area (Å²) < 4.78 is 1.57. The third-order valence-electron chi connectivity index (χ3n) is 3.64. The predicted octanol–water partition coefficient (Wildman–Crippen LogP) is 4.17. The average molecular weight is 324 g/mol. The van der Waals surface area contributed by atoms with Crippen LogP contribution in [0.2, 0.25) is 10.0 Å². The predicted molar refractivity (Wildman–Crippen MR) is 86.8 cm³/mol. The van der Waals surface area contributed by atoms with E-state index in [2.05, 4.69) is 9.97 Å². The number of rotatable bonds is 2. The quantitative estimate of drug-likeness (QED) is 0.769. The number of aromatic nitrogens is 3. The van der Waals surface area contributed by atoms with Crippen molar-refractivity contribution in [2.45, 2.75) is 33.1 Å². The van der Waals surface area contributed by atoms with Gasteiger partial charge in [0.1, 0.15) is 0 Å². The van der Waals surface area contributed by atoms with Gasteiger partial charge in [0.25, 0.3) is 5.56 Å². The van der Waals surface area contributed by atoms with E-state index in [0.29, 0.717) is 27.8 Å². The highest BCUT2D eigenvalue weighted by Gasteiger charge is 2.17. The van der Waals surface area contributed by atoms with Crippen LogP contribution >= 0.6 is 23.2 Å². The van der Waals surface area contributed by atoms with Gasteiger partial charge in [0, 0.05) is 5.56 Å². The van der Waals surface area contributed by atoms with Crippen LogP contribution in [-0.2, 0) is 6.42 Å². The molecule has 4 nitrogen and oxygen atoms in total.